The van der Waals surface area contributed by atoms with Crippen molar-refractivity contribution >= 4 is 35.2 Å². The lowest BCUT2D eigenvalue weighted by atomic mass is 10.1. The standard InChI is InChI=1S/C28H23O2P/c29-28(30)24(21-23-13-5-1-6-14-23)22-31(25-15-7-2-8-16-25,26-17-9-3-10-18-26)27-19-11-4-12-20-27/h1-21H,22H2/p+1/b24-21-. The first-order valence-corrected chi connectivity index (χ1v) is 12.2. The van der Waals surface area contributed by atoms with Gasteiger partial charge in [0.05, 0.1) is 5.57 Å². The fourth-order valence-corrected chi connectivity index (χ4v) is 8.17. The highest BCUT2D eigenvalue weighted by Crippen LogP contribution is 2.56. The second-order valence-corrected chi connectivity index (χ2v) is 10.8. The predicted molar refractivity (Wildman–Crippen MR) is 132 cm³/mol. The van der Waals surface area contributed by atoms with Crippen molar-refractivity contribution in [1.82, 2.24) is 0 Å². The van der Waals surface area contributed by atoms with Crippen LogP contribution in [0.4, 0.5) is 0 Å². The van der Waals surface area contributed by atoms with Gasteiger partial charge in [-0.2, -0.15) is 0 Å². The number of rotatable bonds is 7. The van der Waals surface area contributed by atoms with Gasteiger partial charge in [-0.15, -0.1) is 0 Å². The maximum Gasteiger partial charge on any atom is 0.335 e. The summed E-state index contributed by atoms with van der Waals surface area (Å²) in [6, 6.07) is 40.7. The Bertz CT molecular complexity index is 1060. The maximum absolute atomic E-state index is 12.4. The van der Waals surface area contributed by atoms with E-state index in [1.807, 2.05) is 91.0 Å². The Morgan fingerprint density at radius 3 is 1.32 bits per heavy atom. The third kappa shape index (κ3) is 4.50. The number of carbonyl (C=O) groups is 1. The molecule has 4 aromatic carbocycles. The van der Waals surface area contributed by atoms with Crippen LogP contribution in [0.5, 0.6) is 0 Å². The van der Waals surface area contributed by atoms with Gasteiger partial charge < -0.3 is 5.11 Å². The van der Waals surface area contributed by atoms with Gasteiger partial charge in [0.25, 0.3) is 0 Å². The first-order valence-electron chi connectivity index (χ1n) is 10.2. The molecule has 0 aliphatic rings. The van der Waals surface area contributed by atoms with E-state index in [2.05, 4.69) is 36.4 Å². The molecule has 4 rings (SSSR count). The molecule has 0 unspecified atom stereocenters. The number of aliphatic carboxylic acids is 1. The summed E-state index contributed by atoms with van der Waals surface area (Å²) in [5.41, 5.74) is 1.31. The van der Waals surface area contributed by atoms with E-state index in [1.54, 1.807) is 0 Å². The molecular formula is C28H24O2P+. The van der Waals surface area contributed by atoms with E-state index >= 15 is 0 Å². The third-order valence-electron chi connectivity index (χ3n) is 5.41. The summed E-state index contributed by atoms with van der Waals surface area (Å²) in [5.74, 6) is -0.879. The van der Waals surface area contributed by atoms with Crippen LogP contribution >= 0.6 is 7.26 Å². The highest BCUT2D eigenvalue weighted by atomic mass is 31.2. The smallest absolute Gasteiger partial charge is 0.335 e. The van der Waals surface area contributed by atoms with Gasteiger partial charge in [-0.05, 0) is 48.0 Å². The zero-order valence-electron chi connectivity index (χ0n) is 17.1. The fraction of sp³-hybridized carbons (Fsp3) is 0.0357. The number of carboxylic acids is 1. The van der Waals surface area contributed by atoms with Crippen molar-refractivity contribution in [2.45, 2.75) is 0 Å². The number of benzene rings is 4. The lowest BCUT2D eigenvalue weighted by Gasteiger charge is -2.28. The lowest BCUT2D eigenvalue weighted by Crippen LogP contribution is -2.34. The highest BCUT2D eigenvalue weighted by molar-refractivity contribution is 7.95. The van der Waals surface area contributed by atoms with Gasteiger partial charge >= 0.3 is 5.97 Å². The summed E-state index contributed by atoms with van der Waals surface area (Å²) in [6.45, 7) is 0. The fourth-order valence-electron chi connectivity index (χ4n) is 3.95. The van der Waals surface area contributed by atoms with Crippen molar-refractivity contribution in [3.8, 4) is 0 Å². The minimum Gasteiger partial charge on any atom is -0.478 e. The van der Waals surface area contributed by atoms with Crippen LogP contribution in [-0.4, -0.2) is 17.2 Å². The second kappa shape index (κ2) is 9.55. The zero-order chi connectivity index (χ0) is 21.5. The molecule has 31 heavy (non-hydrogen) atoms. The Balaban J connectivity index is 1.98. The maximum atomic E-state index is 12.4. The van der Waals surface area contributed by atoms with Gasteiger partial charge in [0.2, 0.25) is 0 Å². The highest BCUT2D eigenvalue weighted by Gasteiger charge is 2.46. The minimum atomic E-state index is -2.25. The van der Waals surface area contributed by atoms with Crippen LogP contribution < -0.4 is 15.9 Å². The molecule has 2 nitrogen and oxygen atoms in total. The van der Waals surface area contributed by atoms with Gasteiger partial charge in [-0.3, -0.25) is 0 Å². The molecule has 0 fully saturated rings. The van der Waals surface area contributed by atoms with Crippen molar-refractivity contribution in [1.29, 1.82) is 0 Å². The van der Waals surface area contributed by atoms with Crippen LogP contribution in [0.15, 0.2) is 127 Å². The molecular weight excluding hydrogens is 399 g/mol. The van der Waals surface area contributed by atoms with Crippen LogP contribution in [0.1, 0.15) is 5.56 Å². The topological polar surface area (TPSA) is 37.3 Å². The van der Waals surface area contributed by atoms with Crippen LogP contribution in [0.25, 0.3) is 6.08 Å². The Labute approximate surface area is 183 Å². The molecule has 0 amide bonds. The molecule has 0 aromatic heterocycles. The van der Waals surface area contributed by atoms with Crippen molar-refractivity contribution in [3.05, 3.63) is 132 Å². The van der Waals surface area contributed by atoms with Crippen LogP contribution in [-0.2, 0) is 4.79 Å². The summed E-state index contributed by atoms with van der Waals surface area (Å²) < 4.78 is 0. The molecule has 0 atom stereocenters. The first kappa shape index (κ1) is 20.8. The van der Waals surface area contributed by atoms with E-state index in [0.717, 1.165) is 5.56 Å². The Kier molecular flexibility index (Phi) is 6.40. The van der Waals surface area contributed by atoms with Gasteiger partial charge in [0.1, 0.15) is 29.3 Å². The first-order chi connectivity index (χ1) is 15.2. The summed E-state index contributed by atoms with van der Waals surface area (Å²) in [7, 11) is -2.25. The van der Waals surface area contributed by atoms with Crippen molar-refractivity contribution in [2.75, 3.05) is 6.16 Å². The molecule has 4 aromatic rings. The molecule has 0 radical (unpaired) electrons. The predicted octanol–water partition coefficient (Wildman–Crippen LogP) is 5.15. The molecule has 1 N–H and O–H groups in total. The molecule has 152 valence electrons. The van der Waals surface area contributed by atoms with Gasteiger partial charge in [-0.25, -0.2) is 4.79 Å². The number of hydrogen-bond acceptors (Lipinski definition) is 1. The molecule has 0 bridgehead atoms. The van der Waals surface area contributed by atoms with Crippen molar-refractivity contribution in [2.24, 2.45) is 0 Å². The minimum absolute atomic E-state index is 0.413. The van der Waals surface area contributed by atoms with Gasteiger partial charge in [0.15, 0.2) is 0 Å². The van der Waals surface area contributed by atoms with Crippen LogP contribution in [0, 0.1) is 0 Å². The number of hydrogen-bond donors (Lipinski definition) is 1. The van der Waals surface area contributed by atoms with E-state index < -0.39 is 13.2 Å². The quantitative estimate of drug-likeness (QED) is 0.330. The molecule has 0 aliphatic heterocycles. The van der Waals surface area contributed by atoms with E-state index in [1.165, 1.54) is 15.9 Å². The average molecular weight is 423 g/mol. The molecule has 0 saturated carbocycles. The molecule has 0 saturated heterocycles. The van der Waals surface area contributed by atoms with E-state index in [-0.39, 0.29) is 0 Å². The van der Waals surface area contributed by atoms with E-state index in [4.69, 9.17) is 0 Å². The SMILES string of the molecule is O=C(O)/C(=C\c1ccccc1)C[P+](c1ccccc1)(c1ccccc1)c1ccccc1. The summed E-state index contributed by atoms with van der Waals surface area (Å²) in [4.78, 5) is 12.4. The second-order valence-electron chi connectivity index (χ2n) is 7.36. The summed E-state index contributed by atoms with van der Waals surface area (Å²) in [5, 5.41) is 13.7. The monoisotopic (exact) mass is 423 g/mol. The Morgan fingerprint density at radius 1 is 0.613 bits per heavy atom. The Hall–Kier alpha value is -3.48. The molecule has 0 heterocycles. The zero-order valence-corrected chi connectivity index (χ0v) is 18.0. The molecule has 3 heteroatoms. The van der Waals surface area contributed by atoms with Crippen molar-refractivity contribution < 1.29 is 9.90 Å². The summed E-state index contributed by atoms with van der Waals surface area (Å²) >= 11 is 0. The van der Waals surface area contributed by atoms with Gasteiger partial charge in [-0.1, -0.05) is 84.9 Å². The third-order valence-corrected chi connectivity index (χ3v) is 9.77. The molecule has 0 aliphatic carbocycles. The van der Waals surface area contributed by atoms with E-state index in [9.17, 15) is 9.90 Å². The lowest BCUT2D eigenvalue weighted by molar-refractivity contribution is -0.132. The van der Waals surface area contributed by atoms with Crippen LogP contribution in [0.3, 0.4) is 0 Å². The average Bonchev–Trinajstić information content (AvgIpc) is 2.84. The normalized spacial score (nSPS) is 11.8. The van der Waals surface area contributed by atoms with Crippen LogP contribution in [0.2, 0.25) is 0 Å². The van der Waals surface area contributed by atoms with E-state index in [0.29, 0.717) is 11.7 Å². The molecule has 0 spiro atoms. The largest absolute Gasteiger partial charge is 0.478 e. The Morgan fingerprint density at radius 2 is 0.968 bits per heavy atom. The van der Waals surface area contributed by atoms with Crippen molar-refractivity contribution in [3.63, 3.8) is 0 Å². The van der Waals surface area contributed by atoms with Gasteiger partial charge in [0, 0.05) is 0 Å². The summed E-state index contributed by atoms with van der Waals surface area (Å²) in [6.07, 6.45) is 2.25. The number of carboxylic acid groups (broad SMARTS) is 1.